The van der Waals surface area contributed by atoms with Crippen molar-refractivity contribution in [2.45, 2.75) is 26.3 Å². The van der Waals surface area contributed by atoms with Crippen molar-refractivity contribution < 1.29 is 0 Å². The number of rotatable bonds is 5. The van der Waals surface area contributed by atoms with E-state index in [0.29, 0.717) is 6.04 Å². The fourth-order valence-electron chi connectivity index (χ4n) is 2.56. The van der Waals surface area contributed by atoms with Gasteiger partial charge in [0.25, 0.3) is 0 Å². The van der Waals surface area contributed by atoms with Crippen LogP contribution < -0.4 is 5.32 Å². The van der Waals surface area contributed by atoms with Crippen LogP contribution in [0.15, 0.2) is 36.0 Å². The van der Waals surface area contributed by atoms with Gasteiger partial charge in [-0.05, 0) is 47.2 Å². The van der Waals surface area contributed by atoms with Crippen molar-refractivity contribution in [1.82, 2.24) is 14.7 Å². The number of nitrogens with zero attached hydrogens (tertiary/aromatic N) is 2. The average Bonchev–Trinajstić information content (AvgIpc) is 3.02. The minimum atomic E-state index is 0.311. The predicted octanol–water partition coefficient (Wildman–Crippen LogP) is 4.20. The van der Waals surface area contributed by atoms with Crippen LogP contribution in [0.25, 0.3) is 4.96 Å². The van der Waals surface area contributed by atoms with Crippen LogP contribution in [-0.2, 0) is 6.42 Å². The summed E-state index contributed by atoms with van der Waals surface area (Å²) in [6.07, 6.45) is 5.12. The van der Waals surface area contributed by atoms with Crippen molar-refractivity contribution >= 4 is 38.9 Å². The molecule has 0 bridgehead atoms. The van der Waals surface area contributed by atoms with E-state index in [1.807, 2.05) is 0 Å². The number of hydrogen-bond acceptors (Lipinski definition) is 3. The van der Waals surface area contributed by atoms with Crippen molar-refractivity contribution in [2.24, 2.45) is 0 Å². The lowest BCUT2D eigenvalue weighted by Gasteiger charge is -2.19. The van der Waals surface area contributed by atoms with Crippen LogP contribution in [0.4, 0.5) is 0 Å². The number of thiazole rings is 1. The van der Waals surface area contributed by atoms with Crippen molar-refractivity contribution in [3.05, 3.63) is 56.4 Å². The molecule has 1 aromatic carbocycles. The molecule has 21 heavy (non-hydrogen) atoms. The first-order valence-electron chi connectivity index (χ1n) is 7.08. The van der Waals surface area contributed by atoms with Crippen LogP contribution in [-0.4, -0.2) is 15.9 Å². The first kappa shape index (κ1) is 15.0. The maximum Gasteiger partial charge on any atom is 0.193 e. The molecule has 3 nitrogen and oxygen atoms in total. The number of imidazole rings is 1. The van der Waals surface area contributed by atoms with Crippen LogP contribution >= 0.6 is 33.9 Å². The Labute approximate surface area is 142 Å². The molecule has 3 rings (SSSR count). The van der Waals surface area contributed by atoms with E-state index in [-0.39, 0.29) is 0 Å². The lowest BCUT2D eigenvalue weighted by Crippen LogP contribution is -2.24. The monoisotopic (exact) mass is 411 g/mol. The fraction of sp³-hybridized carbons (Fsp3) is 0.312. The van der Waals surface area contributed by atoms with Crippen LogP contribution in [0.2, 0.25) is 0 Å². The predicted molar refractivity (Wildman–Crippen MR) is 97.1 cm³/mol. The van der Waals surface area contributed by atoms with E-state index in [1.54, 1.807) is 11.3 Å². The van der Waals surface area contributed by atoms with Gasteiger partial charge in [0, 0.05) is 33.8 Å². The van der Waals surface area contributed by atoms with E-state index in [0.717, 1.165) is 23.6 Å². The Bertz CT molecular complexity index is 718. The molecule has 0 aliphatic rings. The Kier molecular flexibility index (Phi) is 4.61. The summed E-state index contributed by atoms with van der Waals surface area (Å²) in [5.74, 6) is 0. The van der Waals surface area contributed by atoms with Gasteiger partial charge in [-0.15, -0.1) is 11.3 Å². The first-order chi connectivity index (χ1) is 10.2. The molecule has 0 radical (unpaired) electrons. The van der Waals surface area contributed by atoms with E-state index in [2.05, 4.69) is 82.1 Å². The maximum atomic E-state index is 4.71. The number of halogens is 1. The number of fused-ring (bicyclic) bond motifs is 1. The van der Waals surface area contributed by atoms with Crippen molar-refractivity contribution in [3.8, 4) is 0 Å². The second-order valence-corrected chi connectivity index (χ2v) is 7.07. The van der Waals surface area contributed by atoms with Crippen LogP contribution in [0.1, 0.15) is 29.8 Å². The molecule has 0 amide bonds. The molecule has 0 spiro atoms. The Morgan fingerprint density at radius 1 is 1.43 bits per heavy atom. The molecular weight excluding hydrogens is 393 g/mol. The SMILES string of the molecule is CCNC(Cc1cn2ccsc2n1)c1cccc(C)c1I. The summed E-state index contributed by atoms with van der Waals surface area (Å²) >= 11 is 4.13. The normalized spacial score (nSPS) is 12.9. The van der Waals surface area contributed by atoms with Gasteiger partial charge in [0.05, 0.1) is 5.69 Å². The molecule has 3 aromatic rings. The molecule has 1 atom stereocenters. The molecule has 0 saturated carbocycles. The number of likely N-dealkylation sites (N-methyl/N-ethyl adjacent to an activating group) is 1. The third-order valence-corrected chi connectivity index (χ3v) is 5.85. The molecule has 2 aromatic heterocycles. The summed E-state index contributed by atoms with van der Waals surface area (Å²) in [4.78, 5) is 5.78. The van der Waals surface area contributed by atoms with Crippen LogP contribution in [0.3, 0.4) is 0 Å². The number of aromatic nitrogens is 2. The van der Waals surface area contributed by atoms with Crippen molar-refractivity contribution in [3.63, 3.8) is 0 Å². The maximum absolute atomic E-state index is 4.71. The Morgan fingerprint density at radius 3 is 3.05 bits per heavy atom. The smallest absolute Gasteiger partial charge is 0.193 e. The largest absolute Gasteiger partial charge is 0.310 e. The summed E-state index contributed by atoms with van der Waals surface area (Å²) < 4.78 is 3.45. The van der Waals surface area contributed by atoms with E-state index in [1.165, 1.54) is 14.7 Å². The fourth-order valence-corrected chi connectivity index (χ4v) is 4.02. The quantitative estimate of drug-likeness (QED) is 0.638. The average molecular weight is 411 g/mol. The van der Waals surface area contributed by atoms with Gasteiger partial charge >= 0.3 is 0 Å². The molecule has 110 valence electrons. The Balaban J connectivity index is 1.90. The number of nitrogens with one attached hydrogen (secondary N) is 1. The van der Waals surface area contributed by atoms with Crippen LogP contribution in [0, 0.1) is 10.5 Å². The molecule has 0 aliphatic heterocycles. The molecule has 0 aliphatic carbocycles. The summed E-state index contributed by atoms with van der Waals surface area (Å²) in [6, 6.07) is 6.84. The topological polar surface area (TPSA) is 29.3 Å². The highest BCUT2D eigenvalue weighted by Crippen LogP contribution is 2.26. The molecule has 0 fully saturated rings. The number of aryl methyl sites for hydroxylation is 1. The lowest BCUT2D eigenvalue weighted by atomic mass is 10.0. The standard InChI is InChI=1S/C16H18IN3S/c1-3-18-14(13-6-4-5-11(2)15(13)17)9-12-10-20-7-8-21-16(20)19-12/h4-8,10,14,18H,3,9H2,1-2H3. The minimum absolute atomic E-state index is 0.311. The second-order valence-electron chi connectivity index (χ2n) is 5.12. The van der Waals surface area contributed by atoms with E-state index >= 15 is 0 Å². The third kappa shape index (κ3) is 3.14. The molecule has 5 heteroatoms. The highest BCUT2D eigenvalue weighted by Gasteiger charge is 2.17. The van der Waals surface area contributed by atoms with Gasteiger partial charge in [0.2, 0.25) is 0 Å². The van der Waals surface area contributed by atoms with Gasteiger partial charge in [-0.3, -0.25) is 4.40 Å². The van der Waals surface area contributed by atoms with E-state index < -0.39 is 0 Å². The molecular formula is C16H18IN3S. The molecule has 0 saturated heterocycles. The van der Waals surface area contributed by atoms with Gasteiger partial charge in [0.1, 0.15) is 0 Å². The Morgan fingerprint density at radius 2 is 2.29 bits per heavy atom. The molecule has 1 unspecified atom stereocenters. The highest BCUT2D eigenvalue weighted by atomic mass is 127. The van der Waals surface area contributed by atoms with Gasteiger partial charge < -0.3 is 5.32 Å². The van der Waals surface area contributed by atoms with E-state index in [9.17, 15) is 0 Å². The third-order valence-electron chi connectivity index (χ3n) is 3.60. The highest BCUT2D eigenvalue weighted by molar-refractivity contribution is 14.1. The Hall–Kier alpha value is -0.920. The first-order valence-corrected chi connectivity index (χ1v) is 9.04. The zero-order valence-corrected chi connectivity index (χ0v) is 15.1. The van der Waals surface area contributed by atoms with Crippen molar-refractivity contribution in [2.75, 3.05) is 6.54 Å². The van der Waals surface area contributed by atoms with Gasteiger partial charge in [-0.25, -0.2) is 4.98 Å². The number of hydrogen-bond donors (Lipinski definition) is 1. The van der Waals surface area contributed by atoms with Gasteiger partial charge in [-0.2, -0.15) is 0 Å². The summed E-state index contributed by atoms with van der Waals surface area (Å²) in [5.41, 5.74) is 3.85. The summed E-state index contributed by atoms with van der Waals surface area (Å²) in [5, 5.41) is 5.67. The van der Waals surface area contributed by atoms with Crippen molar-refractivity contribution in [1.29, 1.82) is 0 Å². The zero-order chi connectivity index (χ0) is 14.8. The summed E-state index contributed by atoms with van der Waals surface area (Å²) in [7, 11) is 0. The van der Waals surface area contributed by atoms with Gasteiger partial charge in [-0.1, -0.05) is 25.1 Å². The molecule has 2 heterocycles. The minimum Gasteiger partial charge on any atom is -0.310 e. The van der Waals surface area contributed by atoms with E-state index in [4.69, 9.17) is 4.98 Å². The second kappa shape index (κ2) is 6.46. The lowest BCUT2D eigenvalue weighted by molar-refractivity contribution is 0.543. The van der Waals surface area contributed by atoms with Crippen LogP contribution in [0.5, 0.6) is 0 Å². The van der Waals surface area contributed by atoms with Gasteiger partial charge in [0.15, 0.2) is 4.96 Å². The molecule has 1 N–H and O–H groups in total. The summed E-state index contributed by atoms with van der Waals surface area (Å²) in [6.45, 7) is 5.28. The zero-order valence-electron chi connectivity index (χ0n) is 12.1. The number of benzene rings is 1.